The lowest BCUT2D eigenvalue weighted by Gasteiger charge is -2.13. The van der Waals surface area contributed by atoms with Gasteiger partial charge in [-0.05, 0) is 19.9 Å². The number of aromatic carboxylic acids is 1. The van der Waals surface area contributed by atoms with Gasteiger partial charge in [0.05, 0.1) is 0 Å². The number of halogens is 1. The minimum absolute atomic E-state index is 0.0759. The number of aromatic nitrogens is 1. The molecule has 70 valence electrons. The van der Waals surface area contributed by atoms with Gasteiger partial charge in [-0.2, -0.15) is 0 Å². The SMILES string of the molecule is CC(C)(F)c1ccc(C(=O)O)nc1. The first-order valence-corrected chi connectivity index (χ1v) is 3.80. The van der Waals surface area contributed by atoms with Gasteiger partial charge in [0.25, 0.3) is 0 Å². The number of nitrogens with zero attached hydrogens (tertiary/aromatic N) is 1. The maximum atomic E-state index is 13.3. The van der Waals surface area contributed by atoms with Crippen molar-refractivity contribution in [2.75, 3.05) is 0 Å². The average molecular weight is 183 g/mol. The van der Waals surface area contributed by atoms with Crippen molar-refractivity contribution < 1.29 is 14.3 Å². The molecule has 13 heavy (non-hydrogen) atoms. The highest BCUT2D eigenvalue weighted by Gasteiger charge is 2.19. The Kier molecular flexibility index (Phi) is 2.32. The average Bonchev–Trinajstić information content (AvgIpc) is 2.03. The van der Waals surface area contributed by atoms with E-state index in [0.717, 1.165) is 0 Å². The fourth-order valence-electron chi connectivity index (χ4n) is 0.872. The number of alkyl halides is 1. The second-order valence-corrected chi connectivity index (χ2v) is 3.21. The summed E-state index contributed by atoms with van der Waals surface area (Å²) in [5.74, 6) is -1.11. The Labute approximate surface area is 75.2 Å². The summed E-state index contributed by atoms with van der Waals surface area (Å²) in [6.45, 7) is 2.79. The van der Waals surface area contributed by atoms with E-state index in [-0.39, 0.29) is 5.69 Å². The van der Waals surface area contributed by atoms with E-state index >= 15 is 0 Å². The van der Waals surface area contributed by atoms with Gasteiger partial charge in [-0.25, -0.2) is 14.2 Å². The van der Waals surface area contributed by atoms with Gasteiger partial charge in [0.2, 0.25) is 0 Å². The van der Waals surface area contributed by atoms with E-state index in [1.165, 1.54) is 32.2 Å². The number of pyridine rings is 1. The van der Waals surface area contributed by atoms with Crippen LogP contribution in [0.1, 0.15) is 29.9 Å². The number of hydrogen-bond acceptors (Lipinski definition) is 2. The summed E-state index contributed by atoms with van der Waals surface area (Å²) in [6, 6.07) is 2.72. The fourth-order valence-corrected chi connectivity index (χ4v) is 0.872. The summed E-state index contributed by atoms with van der Waals surface area (Å²) < 4.78 is 13.3. The van der Waals surface area contributed by atoms with E-state index in [1.54, 1.807) is 0 Å². The van der Waals surface area contributed by atoms with Crippen molar-refractivity contribution in [2.45, 2.75) is 19.5 Å². The lowest BCUT2D eigenvalue weighted by molar-refractivity contribution is 0.0690. The van der Waals surface area contributed by atoms with Gasteiger partial charge in [0.15, 0.2) is 0 Å². The van der Waals surface area contributed by atoms with Crippen molar-refractivity contribution in [1.82, 2.24) is 4.98 Å². The lowest BCUT2D eigenvalue weighted by Crippen LogP contribution is -2.10. The molecular weight excluding hydrogens is 173 g/mol. The summed E-state index contributed by atoms with van der Waals surface area (Å²) in [6.07, 6.45) is 1.24. The molecule has 1 N–H and O–H groups in total. The number of carboxylic acids is 1. The predicted octanol–water partition coefficient (Wildman–Crippen LogP) is 1.98. The van der Waals surface area contributed by atoms with Crippen LogP contribution in [0, 0.1) is 0 Å². The van der Waals surface area contributed by atoms with E-state index < -0.39 is 11.6 Å². The smallest absolute Gasteiger partial charge is 0.354 e. The van der Waals surface area contributed by atoms with Gasteiger partial charge in [-0.1, -0.05) is 6.07 Å². The highest BCUT2D eigenvalue weighted by Crippen LogP contribution is 2.23. The van der Waals surface area contributed by atoms with Crippen molar-refractivity contribution in [2.24, 2.45) is 0 Å². The van der Waals surface area contributed by atoms with Crippen molar-refractivity contribution in [3.05, 3.63) is 29.6 Å². The monoisotopic (exact) mass is 183 g/mol. The Morgan fingerprint density at radius 2 is 2.15 bits per heavy atom. The van der Waals surface area contributed by atoms with Crippen molar-refractivity contribution >= 4 is 5.97 Å². The molecule has 0 saturated heterocycles. The van der Waals surface area contributed by atoms with Crippen LogP contribution < -0.4 is 0 Å². The van der Waals surface area contributed by atoms with Gasteiger partial charge in [-0.15, -0.1) is 0 Å². The standard InChI is InChI=1S/C9H10FNO2/c1-9(2,10)6-3-4-7(8(12)13)11-5-6/h3-5H,1-2H3,(H,12,13). The Morgan fingerprint density at radius 1 is 1.54 bits per heavy atom. The minimum atomic E-state index is -1.48. The van der Waals surface area contributed by atoms with Crippen LogP contribution in [0.15, 0.2) is 18.3 Å². The molecule has 0 saturated carbocycles. The molecule has 0 radical (unpaired) electrons. The Morgan fingerprint density at radius 3 is 2.46 bits per heavy atom. The van der Waals surface area contributed by atoms with Crippen molar-refractivity contribution in [1.29, 1.82) is 0 Å². The maximum Gasteiger partial charge on any atom is 0.354 e. The van der Waals surface area contributed by atoms with Gasteiger partial charge < -0.3 is 5.11 Å². The molecule has 3 nitrogen and oxygen atoms in total. The molecule has 0 aliphatic rings. The quantitative estimate of drug-likeness (QED) is 0.762. The van der Waals surface area contributed by atoms with Crippen LogP contribution in [0.4, 0.5) is 4.39 Å². The number of carbonyl (C=O) groups is 1. The van der Waals surface area contributed by atoms with E-state index in [0.29, 0.717) is 5.56 Å². The molecule has 1 heterocycles. The second-order valence-electron chi connectivity index (χ2n) is 3.21. The summed E-state index contributed by atoms with van der Waals surface area (Å²) in [4.78, 5) is 14.0. The summed E-state index contributed by atoms with van der Waals surface area (Å²) in [5, 5.41) is 8.52. The minimum Gasteiger partial charge on any atom is -0.477 e. The van der Waals surface area contributed by atoms with Crippen LogP contribution >= 0.6 is 0 Å². The summed E-state index contributed by atoms with van der Waals surface area (Å²) >= 11 is 0. The van der Waals surface area contributed by atoms with Crippen molar-refractivity contribution in [3.63, 3.8) is 0 Å². The number of rotatable bonds is 2. The van der Waals surface area contributed by atoms with E-state index in [4.69, 9.17) is 5.11 Å². The molecule has 1 aromatic rings. The molecule has 0 atom stereocenters. The lowest BCUT2D eigenvalue weighted by atomic mass is 10.0. The first-order valence-electron chi connectivity index (χ1n) is 3.80. The van der Waals surface area contributed by atoms with Gasteiger partial charge in [0, 0.05) is 11.8 Å². The van der Waals surface area contributed by atoms with Gasteiger partial charge >= 0.3 is 5.97 Å². The molecule has 0 fully saturated rings. The molecule has 0 aliphatic carbocycles. The molecule has 1 rings (SSSR count). The zero-order valence-electron chi connectivity index (χ0n) is 7.41. The third-order valence-electron chi connectivity index (χ3n) is 1.67. The molecule has 1 aromatic heterocycles. The Bertz CT molecular complexity index is 313. The zero-order chi connectivity index (χ0) is 10.1. The third kappa shape index (κ3) is 2.24. The number of carboxylic acid groups (broad SMARTS) is 1. The van der Waals surface area contributed by atoms with Crippen LogP contribution in [-0.4, -0.2) is 16.1 Å². The molecular formula is C9H10FNO2. The Hall–Kier alpha value is -1.45. The largest absolute Gasteiger partial charge is 0.477 e. The fraction of sp³-hybridized carbons (Fsp3) is 0.333. The van der Waals surface area contributed by atoms with Crippen LogP contribution in [-0.2, 0) is 5.67 Å². The summed E-state index contributed by atoms with van der Waals surface area (Å²) in [5.41, 5.74) is -1.19. The predicted molar refractivity (Wildman–Crippen MR) is 45.3 cm³/mol. The first-order chi connectivity index (χ1) is 5.91. The van der Waals surface area contributed by atoms with Crippen LogP contribution in [0.2, 0.25) is 0 Å². The molecule has 0 aliphatic heterocycles. The third-order valence-corrected chi connectivity index (χ3v) is 1.67. The van der Waals surface area contributed by atoms with Gasteiger partial charge in [0.1, 0.15) is 11.4 Å². The zero-order valence-corrected chi connectivity index (χ0v) is 7.41. The topological polar surface area (TPSA) is 50.2 Å². The molecule has 0 spiro atoms. The summed E-state index contributed by atoms with van der Waals surface area (Å²) in [7, 11) is 0. The van der Waals surface area contributed by atoms with Crippen LogP contribution in [0.5, 0.6) is 0 Å². The second kappa shape index (κ2) is 3.12. The van der Waals surface area contributed by atoms with E-state index in [1.807, 2.05) is 0 Å². The highest BCUT2D eigenvalue weighted by atomic mass is 19.1. The molecule has 0 unspecified atom stereocenters. The molecule has 0 bridgehead atoms. The molecule has 0 aromatic carbocycles. The van der Waals surface area contributed by atoms with Crippen LogP contribution in [0.25, 0.3) is 0 Å². The normalized spacial score (nSPS) is 11.3. The molecule has 4 heteroatoms. The van der Waals surface area contributed by atoms with E-state index in [9.17, 15) is 9.18 Å². The number of hydrogen-bond donors (Lipinski definition) is 1. The Balaban J connectivity index is 3.01. The van der Waals surface area contributed by atoms with E-state index in [2.05, 4.69) is 4.98 Å². The van der Waals surface area contributed by atoms with Crippen LogP contribution in [0.3, 0.4) is 0 Å². The molecule has 0 amide bonds. The van der Waals surface area contributed by atoms with Crippen molar-refractivity contribution in [3.8, 4) is 0 Å². The first kappa shape index (κ1) is 9.64. The highest BCUT2D eigenvalue weighted by molar-refractivity contribution is 5.85. The maximum absolute atomic E-state index is 13.3. The van der Waals surface area contributed by atoms with Gasteiger partial charge in [-0.3, -0.25) is 0 Å².